The molecule has 7 heteroatoms. The van der Waals surface area contributed by atoms with Gasteiger partial charge < -0.3 is 20.7 Å². The van der Waals surface area contributed by atoms with Gasteiger partial charge in [0, 0.05) is 25.1 Å². The van der Waals surface area contributed by atoms with Gasteiger partial charge >= 0.3 is 0 Å². The number of carbonyl (C=O) groups is 1. The van der Waals surface area contributed by atoms with E-state index < -0.39 is 0 Å². The average Bonchev–Trinajstić information content (AvgIpc) is 2.61. The average molecular weight is 420 g/mol. The SMILES string of the molecule is CN(C)CCOc1ccccc1CNC(=O)CC1(CN)CCCCC1.Cl.Cl. The molecule has 0 atom stereocenters. The smallest absolute Gasteiger partial charge is 0.220 e. The summed E-state index contributed by atoms with van der Waals surface area (Å²) in [4.78, 5) is 14.5. The molecule has 5 nitrogen and oxygen atoms in total. The summed E-state index contributed by atoms with van der Waals surface area (Å²) in [6, 6.07) is 7.90. The standard InChI is InChI=1S/C20H33N3O2.2ClH/c1-23(2)12-13-25-18-9-5-4-8-17(18)15-22-19(24)14-20(16-21)10-6-3-7-11-20;;/h4-5,8-9H,3,6-7,10-16,21H2,1-2H3,(H,22,24);2*1H. The van der Waals surface area contributed by atoms with Crippen molar-refractivity contribution >= 4 is 30.7 Å². The van der Waals surface area contributed by atoms with E-state index in [1.807, 2.05) is 38.4 Å². The summed E-state index contributed by atoms with van der Waals surface area (Å²) in [5.41, 5.74) is 7.01. The number of nitrogens with one attached hydrogen (secondary N) is 1. The minimum atomic E-state index is 0. The van der Waals surface area contributed by atoms with Crippen molar-refractivity contribution < 1.29 is 9.53 Å². The Morgan fingerprint density at radius 2 is 1.85 bits per heavy atom. The summed E-state index contributed by atoms with van der Waals surface area (Å²) in [5.74, 6) is 0.936. The molecule has 3 N–H and O–H groups in total. The molecule has 0 saturated heterocycles. The van der Waals surface area contributed by atoms with Gasteiger partial charge in [-0.2, -0.15) is 0 Å². The summed E-state index contributed by atoms with van der Waals surface area (Å²) < 4.78 is 5.86. The van der Waals surface area contributed by atoms with Crippen LogP contribution in [0.1, 0.15) is 44.1 Å². The Morgan fingerprint density at radius 3 is 2.48 bits per heavy atom. The van der Waals surface area contributed by atoms with Crippen LogP contribution in [0.4, 0.5) is 0 Å². The van der Waals surface area contributed by atoms with Crippen LogP contribution in [0.25, 0.3) is 0 Å². The Kier molecular flexibility index (Phi) is 12.7. The van der Waals surface area contributed by atoms with Gasteiger partial charge in [0.1, 0.15) is 12.4 Å². The third-order valence-electron chi connectivity index (χ3n) is 5.13. The molecule has 1 aromatic carbocycles. The number of rotatable bonds is 9. The third-order valence-corrected chi connectivity index (χ3v) is 5.13. The Morgan fingerprint density at radius 1 is 1.19 bits per heavy atom. The first-order valence-electron chi connectivity index (χ1n) is 9.37. The molecule has 0 heterocycles. The Labute approximate surface area is 176 Å². The molecule has 0 unspecified atom stereocenters. The summed E-state index contributed by atoms with van der Waals surface area (Å²) in [7, 11) is 4.04. The lowest BCUT2D eigenvalue weighted by Gasteiger charge is -2.35. The number of halogens is 2. The maximum absolute atomic E-state index is 12.4. The van der Waals surface area contributed by atoms with Crippen molar-refractivity contribution in [3.63, 3.8) is 0 Å². The number of carbonyl (C=O) groups excluding carboxylic acids is 1. The minimum Gasteiger partial charge on any atom is -0.492 e. The second kappa shape index (κ2) is 13.2. The van der Waals surface area contributed by atoms with Crippen molar-refractivity contribution in [3.8, 4) is 5.75 Å². The predicted molar refractivity (Wildman–Crippen MR) is 116 cm³/mol. The van der Waals surface area contributed by atoms with Gasteiger partial charge in [-0.1, -0.05) is 37.5 Å². The summed E-state index contributed by atoms with van der Waals surface area (Å²) in [6.07, 6.45) is 6.32. The minimum absolute atomic E-state index is 0. The van der Waals surface area contributed by atoms with Crippen LogP contribution in [0.15, 0.2) is 24.3 Å². The molecule has 1 amide bonds. The molecular weight excluding hydrogens is 385 g/mol. The molecule has 27 heavy (non-hydrogen) atoms. The number of hydrogen-bond acceptors (Lipinski definition) is 4. The number of para-hydroxylation sites is 1. The second-order valence-corrected chi connectivity index (χ2v) is 7.48. The van der Waals surface area contributed by atoms with E-state index in [0.29, 0.717) is 26.1 Å². The number of nitrogens with two attached hydrogens (primary N) is 1. The lowest BCUT2D eigenvalue weighted by Crippen LogP contribution is -2.38. The molecule has 1 aliphatic carbocycles. The Balaban J connectivity index is 0.00000338. The number of benzene rings is 1. The molecular formula is C20H35Cl2N3O2. The summed E-state index contributed by atoms with van der Waals surface area (Å²) in [6.45, 7) is 2.59. The van der Waals surface area contributed by atoms with Crippen molar-refractivity contribution in [1.82, 2.24) is 10.2 Å². The van der Waals surface area contributed by atoms with E-state index in [1.54, 1.807) is 0 Å². The number of hydrogen-bond donors (Lipinski definition) is 2. The molecule has 1 aromatic rings. The van der Waals surface area contributed by atoms with Crippen molar-refractivity contribution in [1.29, 1.82) is 0 Å². The Bertz CT molecular complexity index is 550. The van der Waals surface area contributed by atoms with E-state index in [2.05, 4.69) is 10.2 Å². The molecule has 0 spiro atoms. The van der Waals surface area contributed by atoms with Gasteiger partial charge in [0.15, 0.2) is 0 Å². The zero-order valence-corrected chi connectivity index (χ0v) is 18.2. The van der Waals surface area contributed by atoms with Crippen molar-refractivity contribution in [2.45, 2.75) is 45.1 Å². The lowest BCUT2D eigenvalue weighted by atomic mass is 9.71. The normalized spacial score (nSPS) is 15.4. The van der Waals surface area contributed by atoms with Crippen LogP contribution in [-0.4, -0.2) is 44.6 Å². The van der Waals surface area contributed by atoms with Gasteiger partial charge in [-0.3, -0.25) is 4.79 Å². The number of nitrogens with zero attached hydrogens (tertiary/aromatic N) is 1. The number of amides is 1. The third kappa shape index (κ3) is 8.69. The molecule has 2 rings (SSSR count). The van der Waals surface area contributed by atoms with Gasteiger partial charge in [-0.05, 0) is 45.0 Å². The maximum atomic E-state index is 12.4. The first-order valence-corrected chi connectivity index (χ1v) is 9.37. The quantitative estimate of drug-likeness (QED) is 0.643. The zero-order chi connectivity index (χ0) is 18.1. The van der Waals surface area contributed by atoms with E-state index in [4.69, 9.17) is 10.5 Å². The van der Waals surface area contributed by atoms with Gasteiger partial charge in [-0.15, -0.1) is 24.8 Å². The zero-order valence-electron chi connectivity index (χ0n) is 16.5. The summed E-state index contributed by atoms with van der Waals surface area (Å²) in [5, 5.41) is 3.06. The van der Waals surface area contributed by atoms with E-state index in [0.717, 1.165) is 30.7 Å². The maximum Gasteiger partial charge on any atom is 0.220 e. The largest absolute Gasteiger partial charge is 0.492 e. The first kappa shape index (κ1) is 26.0. The fourth-order valence-corrected chi connectivity index (χ4v) is 3.48. The topological polar surface area (TPSA) is 67.6 Å². The fraction of sp³-hybridized carbons (Fsp3) is 0.650. The van der Waals surface area contributed by atoms with E-state index in [9.17, 15) is 4.79 Å². The van der Waals surface area contributed by atoms with E-state index in [-0.39, 0.29) is 36.1 Å². The molecule has 0 radical (unpaired) electrons. The molecule has 0 bridgehead atoms. The van der Waals surface area contributed by atoms with Crippen molar-refractivity contribution in [2.75, 3.05) is 33.8 Å². The van der Waals surface area contributed by atoms with Crippen LogP contribution in [0.2, 0.25) is 0 Å². The number of likely N-dealkylation sites (N-methyl/N-ethyl adjacent to an activating group) is 1. The van der Waals surface area contributed by atoms with Crippen LogP contribution in [0.3, 0.4) is 0 Å². The second-order valence-electron chi connectivity index (χ2n) is 7.48. The molecule has 0 aliphatic heterocycles. The highest BCUT2D eigenvalue weighted by Crippen LogP contribution is 2.38. The van der Waals surface area contributed by atoms with E-state index in [1.165, 1.54) is 19.3 Å². The van der Waals surface area contributed by atoms with E-state index >= 15 is 0 Å². The molecule has 0 aromatic heterocycles. The first-order chi connectivity index (χ1) is 12.0. The molecule has 1 saturated carbocycles. The van der Waals surface area contributed by atoms with Gasteiger partial charge in [0.05, 0.1) is 0 Å². The van der Waals surface area contributed by atoms with Crippen LogP contribution < -0.4 is 15.8 Å². The lowest BCUT2D eigenvalue weighted by molar-refractivity contribution is -0.124. The van der Waals surface area contributed by atoms with Gasteiger partial charge in [0.2, 0.25) is 5.91 Å². The fourth-order valence-electron chi connectivity index (χ4n) is 3.48. The molecule has 156 valence electrons. The summed E-state index contributed by atoms with van der Waals surface area (Å²) >= 11 is 0. The van der Waals surface area contributed by atoms with Crippen LogP contribution in [-0.2, 0) is 11.3 Å². The number of ether oxygens (including phenoxy) is 1. The Hall–Kier alpha value is -1.01. The van der Waals surface area contributed by atoms with Crippen LogP contribution >= 0.6 is 24.8 Å². The molecule has 1 aliphatic rings. The highest BCUT2D eigenvalue weighted by atomic mass is 35.5. The van der Waals surface area contributed by atoms with Gasteiger partial charge in [-0.25, -0.2) is 0 Å². The highest BCUT2D eigenvalue weighted by Gasteiger charge is 2.32. The van der Waals surface area contributed by atoms with Crippen molar-refractivity contribution in [3.05, 3.63) is 29.8 Å². The highest BCUT2D eigenvalue weighted by molar-refractivity contribution is 5.85. The van der Waals surface area contributed by atoms with Crippen LogP contribution in [0, 0.1) is 5.41 Å². The van der Waals surface area contributed by atoms with Crippen LogP contribution in [0.5, 0.6) is 5.75 Å². The molecule has 1 fully saturated rings. The van der Waals surface area contributed by atoms with Crippen molar-refractivity contribution in [2.24, 2.45) is 11.1 Å². The monoisotopic (exact) mass is 419 g/mol. The van der Waals surface area contributed by atoms with Gasteiger partial charge in [0.25, 0.3) is 0 Å². The predicted octanol–water partition coefficient (Wildman–Crippen LogP) is 3.39.